The average Bonchev–Trinajstić information content (AvgIpc) is 2.60. The largest absolute Gasteiger partial charge is 0.396 e. The van der Waals surface area contributed by atoms with Gasteiger partial charge in [0.1, 0.15) is 17.3 Å². The second kappa shape index (κ2) is 4.33. The van der Waals surface area contributed by atoms with Crippen LogP contribution in [0, 0.1) is 11.8 Å². The molecule has 0 saturated carbocycles. The fraction of sp³-hybridized carbons (Fsp3) is 0.600. The molecule has 2 rings (SSSR count). The molecule has 1 saturated heterocycles. The zero-order valence-corrected chi connectivity index (χ0v) is 9.35. The summed E-state index contributed by atoms with van der Waals surface area (Å²) in [6.45, 7) is 4.13. The van der Waals surface area contributed by atoms with Crippen molar-refractivity contribution in [1.29, 1.82) is 0 Å². The summed E-state index contributed by atoms with van der Waals surface area (Å²) in [5, 5.41) is 9.63. The van der Waals surface area contributed by atoms with Gasteiger partial charge < -0.3 is 10.0 Å². The molecule has 0 spiro atoms. The van der Waals surface area contributed by atoms with Crippen molar-refractivity contribution in [2.75, 3.05) is 24.6 Å². The van der Waals surface area contributed by atoms with E-state index >= 15 is 0 Å². The molecule has 1 aliphatic rings. The molecular formula is C10H14ClN3O. The fourth-order valence-corrected chi connectivity index (χ4v) is 2.10. The van der Waals surface area contributed by atoms with Gasteiger partial charge in [0.05, 0.1) is 0 Å². The Morgan fingerprint density at radius 1 is 1.53 bits per heavy atom. The molecule has 15 heavy (non-hydrogen) atoms. The number of nitrogens with zero attached hydrogens (tertiary/aromatic N) is 3. The molecule has 1 fully saturated rings. The van der Waals surface area contributed by atoms with Crippen LogP contribution in [-0.4, -0.2) is 34.8 Å². The van der Waals surface area contributed by atoms with Gasteiger partial charge in [-0.3, -0.25) is 0 Å². The second-order valence-electron chi connectivity index (χ2n) is 4.02. The van der Waals surface area contributed by atoms with Gasteiger partial charge in [0.15, 0.2) is 0 Å². The molecular weight excluding hydrogens is 214 g/mol. The number of anilines is 1. The van der Waals surface area contributed by atoms with E-state index in [1.807, 2.05) is 0 Å². The maximum absolute atomic E-state index is 9.17. The first-order valence-electron chi connectivity index (χ1n) is 5.04. The van der Waals surface area contributed by atoms with E-state index in [0.717, 1.165) is 18.9 Å². The molecule has 1 N–H and O–H groups in total. The Morgan fingerprint density at radius 2 is 2.33 bits per heavy atom. The Morgan fingerprint density at radius 3 is 2.93 bits per heavy atom. The predicted octanol–water partition coefficient (Wildman–Crippen LogP) is 1.19. The lowest BCUT2D eigenvalue weighted by Gasteiger charge is -2.16. The third-order valence-electron chi connectivity index (χ3n) is 2.95. The van der Waals surface area contributed by atoms with Crippen LogP contribution in [0.4, 0.5) is 5.82 Å². The summed E-state index contributed by atoms with van der Waals surface area (Å²) >= 11 is 5.80. The van der Waals surface area contributed by atoms with Gasteiger partial charge >= 0.3 is 0 Å². The van der Waals surface area contributed by atoms with E-state index in [1.165, 1.54) is 6.33 Å². The van der Waals surface area contributed by atoms with Crippen LogP contribution in [0.1, 0.15) is 6.92 Å². The third-order valence-corrected chi connectivity index (χ3v) is 3.15. The predicted molar refractivity (Wildman–Crippen MR) is 59.0 cm³/mol. The van der Waals surface area contributed by atoms with Crippen molar-refractivity contribution >= 4 is 17.4 Å². The van der Waals surface area contributed by atoms with Gasteiger partial charge in [0, 0.05) is 31.7 Å². The molecule has 2 atom stereocenters. The van der Waals surface area contributed by atoms with Gasteiger partial charge in [-0.1, -0.05) is 18.5 Å². The van der Waals surface area contributed by atoms with Crippen LogP contribution in [-0.2, 0) is 0 Å². The summed E-state index contributed by atoms with van der Waals surface area (Å²) < 4.78 is 0. The van der Waals surface area contributed by atoms with E-state index in [-0.39, 0.29) is 6.61 Å². The molecule has 0 unspecified atom stereocenters. The highest BCUT2D eigenvalue weighted by Crippen LogP contribution is 2.26. The Hall–Kier alpha value is -0.870. The van der Waals surface area contributed by atoms with E-state index in [0.29, 0.717) is 17.0 Å². The zero-order chi connectivity index (χ0) is 10.8. The maximum atomic E-state index is 9.17. The van der Waals surface area contributed by atoms with Crippen molar-refractivity contribution in [3.63, 3.8) is 0 Å². The summed E-state index contributed by atoms with van der Waals surface area (Å²) in [5.41, 5.74) is 0. The van der Waals surface area contributed by atoms with Crippen LogP contribution >= 0.6 is 11.6 Å². The molecule has 1 aliphatic heterocycles. The summed E-state index contributed by atoms with van der Waals surface area (Å²) in [5.74, 6) is 1.67. The summed E-state index contributed by atoms with van der Waals surface area (Å²) in [6.07, 6.45) is 1.47. The van der Waals surface area contributed by atoms with Gasteiger partial charge in [-0.15, -0.1) is 0 Å². The summed E-state index contributed by atoms with van der Waals surface area (Å²) in [6, 6.07) is 1.76. The Labute approximate surface area is 93.9 Å². The fourth-order valence-electron chi connectivity index (χ4n) is 1.96. The first kappa shape index (κ1) is 10.6. The Balaban J connectivity index is 2.13. The third kappa shape index (κ3) is 2.21. The van der Waals surface area contributed by atoms with Crippen molar-refractivity contribution in [2.24, 2.45) is 11.8 Å². The number of aliphatic hydroxyl groups is 1. The number of aliphatic hydroxyl groups excluding tert-OH is 1. The monoisotopic (exact) mass is 227 g/mol. The highest BCUT2D eigenvalue weighted by molar-refractivity contribution is 6.29. The van der Waals surface area contributed by atoms with Crippen LogP contribution in [0.3, 0.4) is 0 Å². The topological polar surface area (TPSA) is 49.2 Å². The van der Waals surface area contributed by atoms with E-state index in [2.05, 4.69) is 21.8 Å². The minimum Gasteiger partial charge on any atom is -0.396 e. The highest BCUT2D eigenvalue weighted by Gasteiger charge is 2.29. The van der Waals surface area contributed by atoms with Gasteiger partial charge in [-0.2, -0.15) is 0 Å². The van der Waals surface area contributed by atoms with Gasteiger partial charge in [-0.25, -0.2) is 9.97 Å². The molecule has 1 aromatic rings. The zero-order valence-electron chi connectivity index (χ0n) is 8.60. The minimum absolute atomic E-state index is 0.233. The van der Waals surface area contributed by atoms with Crippen molar-refractivity contribution in [1.82, 2.24) is 9.97 Å². The average molecular weight is 228 g/mol. The number of hydrogen-bond donors (Lipinski definition) is 1. The highest BCUT2D eigenvalue weighted by atomic mass is 35.5. The lowest BCUT2D eigenvalue weighted by Crippen LogP contribution is -2.21. The van der Waals surface area contributed by atoms with Crippen LogP contribution in [0.2, 0.25) is 5.15 Å². The van der Waals surface area contributed by atoms with E-state index in [4.69, 9.17) is 11.6 Å². The van der Waals surface area contributed by atoms with Gasteiger partial charge in [0.25, 0.3) is 0 Å². The molecule has 4 nitrogen and oxygen atoms in total. The number of halogens is 1. The molecule has 0 radical (unpaired) electrons. The lowest BCUT2D eigenvalue weighted by molar-refractivity contribution is 0.212. The first-order valence-corrected chi connectivity index (χ1v) is 5.42. The number of rotatable bonds is 2. The van der Waals surface area contributed by atoms with E-state index in [1.54, 1.807) is 6.07 Å². The molecule has 0 amide bonds. The number of hydrogen-bond acceptors (Lipinski definition) is 4. The first-order chi connectivity index (χ1) is 7.20. The Bertz CT molecular complexity index is 347. The van der Waals surface area contributed by atoms with Crippen LogP contribution in [0.25, 0.3) is 0 Å². The van der Waals surface area contributed by atoms with Crippen molar-refractivity contribution in [3.05, 3.63) is 17.5 Å². The van der Waals surface area contributed by atoms with E-state index < -0.39 is 0 Å². The quantitative estimate of drug-likeness (QED) is 0.772. The summed E-state index contributed by atoms with van der Waals surface area (Å²) in [4.78, 5) is 10.2. The van der Waals surface area contributed by atoms with E-state index in [9.17, 15) is 5.11 Å². The van der Waals surface area contributed by atoms with Crippen LogP contribution in [0.5, 0.6) is 0 Å². The molecule has 0 aliphatic carbocycles. The van der Waals surface area contributed by atoms with Crippen molar-refractivity contribution in [2.45, 2.75) is 6.92 Å². The molecule has 5 heteroatoms. The van der Waals surface area contributed by atoms with Crippen molar-refractivity contribution in [3.8, 4) is 0 Å². The molecule has 2 heterocycles. The number of aromatic nitrogens is 2. The lowest BCUT2D eigenvalue weighted by atomic mass is 10.00. The maximum Gasteiger partial charge on any atom is 0.134 e. The SMILES string of the molecule is C[C@@H]1CN(c2cc(Cl)ncn2)C[C@H]1CO. The standard InChI is InChI=1S/C10H14ClN3O/c1-7-3-14(4-8(7)5-15)10-2-9(11)12-6-13-10/h2,6-8,15H,3-5H2,1H3/t7-,8+/m1/s1. The molecule has 0 aromatic carbocycles. The minimum atomic E-state index is 0.233. The Kier molecular flexibility index (Phi) is 3.07. The van der Waals surface area contributed by atoms with Gasteiger partial charge in [-0.05, 0) is 5.92 Å². The van der Waals surface area contributed by atoms with Crippen LogP contribution in [0.15, 0.2) is 12.4 Å². The second-order valence-corrected chi connectivity index (χ2v) is 4.41. The smallest absolute Gasteiger partial charge is 0.134 e. The van der Waals surface area contributed by atoms with Crippen molar-refractivity contribution < 1.29 is 5.11 Å². The van der Waals surface area contributed by atoms with Gasteiger partial charge in [0.2, 0.25) is 0 Å². The molecule has 1 aromatic heterocycles. The van der Waals surface area contributed by atoms with Crippen LogP contribution < -0.4 is 4.90 Å². The summed E-state index contributed by atoms with van der Waals surface area (Å²) in [7, 11) is 0. The molecule has 82 valence electrons. The molecule has 0 bridgehead atoms. The normalized spacial score (nSPS) is 25.9.